The molecule has 5 aromatic carbocycles. The summed E-state index contributed by atoms with van der Waals surface area (Å²) in [4.78, 5) is 0. The van der Waals surface area contributed by atoms with Crippen LogP contribution in [0.2, 0.25) is 0 Å². The van der Waals surface area contributed by atoms with Gasteiger partial charge in [0.2, 0.25) is 0 Å². The fraction of sp³-hybridized carbons (Fsp3) is 0. The summed E-state index contributed by atoms with van der Waals surface area (Å²) in [7, 11) is 0. The number of hydrogen-bond acceptors (Lipinski definition) is 0. The highest BCUT2D eigenvalue weighted by Gasteiger charge is 1.87. The summed E-state index contributed by atoms with van der Waals surface area (Å²) in [5.41, 5.74) is 0. The first-order valence-electron chi connectivity index (χ1n) is 10.3. The molecule has 0 unspecified atom stereocenters. The third kappa shape index (κ3) is 4.48. The lowest BCUT2D eigenvalue weighted by Crippen LogP contribution is -1.65. The molecule has 5 rings (SSSR count). The van der Waals surface area contributed by atoms with Crippen LogP contribution in [-0.4, -0.2) is 0 Å². The topological polar surface area (TPSA) is 0 Å². The highest BCUT2D eigenvalue weighted by molar-refractivity contribution is 5.80. The van der Waals surface area contributed by atoms with Gasteiger partial charge in [0.25, 0.3) is 0 Å². The van der Waals surface area contributed by atoms with Crippen LogP contribution in [0.15, 0.2) is 97.1 Å². The quantitative estimate of drug-likeness (QED) is 0.252. The van der Waals surface area contributed by atoms with Gasteiger partial charge in [0.05, 0.1) is 0 Å². The number of hydrogen-bond donors (Lipinski definition) is 0. The molecule has 0 spiro atoms. The van der Waals surface area contributed by atoms with Gasteiger partial charge < -0.3 is 0 Å². The molecule has 0 radical (unpaired) electrons. The van der Waals surface area contributed by atoms with Crippen molar-refractivity contribution >= 4 is 43.1 Å². The number of fused-ring (bicyclic) bond motifs is 6. The third-order valence-electron chi connectivity index (χ3n) is 4.95. The van der Waals surface area contributed by atoms with Crippen LogP contribution >= 0.6 is 0 Å². The lowest BCUT2D eigenvalue weighted by Gasteiger charge is -1.87. The monoisotopic (exact) mass is 400 g/mol. The minimum atomic E-state index is 0.905. The van der Waals surface area contributed by atoms with Gasteiger partial charge in [-0.2, -0.15) is 0 Å². The molecule has 0 heteroatoms. The van der Waals surface area contributed by atoms with E-state index in [0.717, 1.165) is 43.1 Å². The van der Waals surface area contributed by atoms with Crippen molar-refractivity contribution in [2.75, 3.05) is 0 Å². The Labute approximate surface area is 188 Å². The second-order valence-corrected chi connectivity index (χ2v) is 7.25. The van der Waals surface area contributed by atoms with Crippen molar-refractivity contribution < 1.29 is 0 Å². The molecule has 0 saturated heterocycles. The Balaban J connectivity index is 1.87. The summed E-state index contributed by atoms with van der Waals surface area (Å²) in [6.07, 6.45) is 0. The molecule has 5 aromatic rings. The van der Waals surface area contributed by atoms with Crippen molar-refractivity contribution in [3.8, 4) is 0 Å². The molecular weight excluding hydrogens is 384 g/mol. The molecular formula is C32H16. The minimum absolute atomic E-state index is 0.905. The van der Waals surface area contributed by atoms with Crippen molar-refractivity contribution in [3.63, 3.8) is 0 Å². The maximum absolute atomic E-state index is 3.28. The molecule has 0 heterocycles. The number of rotatable bonds is 0. The van der Waals surface area contributed by atoms with E-state index in [-0.39, 0.29) is 0 Å². The Hall–Kier alpha value is -4.88. The van der Waals surface area contributed by atoms with Gasteiger partial charge in [-0.05, 0) is 60.7 Å². The van der Waals surface area contributed by atoms with Gasteiger partial charge in [-0.3, -0.25) is 0 Å². The molecule has 0 atom stereocenters. The van der Waals surface area contributed by atoms with Crippen LogP contribution in [0.3, 0.4) is 0 Å². The average molecular weight is 400 g/mol. The maximum atomic E-state index is 3.28. The van der Waals surface area contributed by atoms with E-state index in [1.165, 1.54) is 0 Å². The van der Waals surface area contributed by atoms with E-state index in [9.17, 15) is 0 Å². The van der Waals surface area contributed by atoms with Gasteiger partial charge >= 0.3 is 0 Å². The van der Waals surface area contributed by atoms with E-state index in [0.29, 0.717) is 0 Å². The largest absolute Gasteiger partial charge is 0.0616 e. The van der Waals surface area contributed by atoms with E-state index in [1.54, 1.807) is 0 Å². The van der Waals surface area contributed by atoms with Gasteiger partial charge in [-0.25, -0.2) is 0 Å². The van der Waals surface area contributed by atoms with E-state index >= 15 is 0 Å². The summed E-state index contributed by atoms with van der Waals surface area (Å²) in [5.74, 6) is 0. The summed E-state index contributed by atoms with van der Waals surface area (Å²) in [5, 5.41) is 7.29. The van der Waals surface area contributed by atoms with Crippen LogP contribution in [-0.2, 0) is 0 Å². The van der Waals surface area contributed by atoms with Crippen molar-refractivity contribution in [1.29, 1.82) is 0 Å². The third-order valence-corrected chi connectivity index (χ3v) is 4.95. The van der Waals surface area contributed by atoms with Crippen LogP contribution in [0.4, 0.5) is 0 Å². The normalized spacial score (nSPS) is 9.50. The molecule has 4 bridgehead atoms. The molecule has 0 aliphatic carbocycles. The Bertz CT molecular complexity index is 1340. The summed E-state index contributed by atoms with van der Waals surface area (Å²) in [6, 6.07) is 58.0. The summed E-state index contributed by atoms with van der Waals surface area (Å²) >= 11 is 0. The standard InChI is InChI=1S/C32H16/c1-2-12-30-20-16-26-8-6-10-28(24-26)18-22-32-14-4-3-13-31(32)21-17-27-9-5-7-25(23-27)15-19-29(30)11-1/h1-14,23-24H. The zero-order chi connectivity index (χ0) is 21.6. The molecule has 0 saturated carbocycles. The second-order valence-electron chi connectivity index (χ2n) is 7.25. The van der Waals surface area contributed by atoms with E-state index in [1.807, 2.05) is 97.1 Å². The van der Waals surface area contributed by atoms with Crippen LogP contribution in [0.25, 0.3) is 43.1 Å². The van der Waals surface area contributed by atoms with Crippen molar-refractivity contribution in [3.05, 3.63) is 146 Å². The molecule has 32 heavy (non-hydrogen) atoms. The molecule has 0 aliphatic rings. The first-order chi connectivity index (χ1) is 15.8. The zero-order valence-corrected chi connectivity index (χ0v) is 17.2. The smallest absolute Gasteiger partial charge is 0.0405 e. The van der Waals surface area contributed by atoms with Crippen molar-refractivity contribution in [2.24, 2.45) is 0 Å². The zero-order valence-electron chi connectivity index (χ0n) is 17.2. The number of benzene rings is 4. The Morgan fingerprint density at radius 2 is 0.562 bits per heavy atom. The molecule has 0 aliphatic heterocycles. The average Bonchev–Trinajstić information content (AvgIpc) is 2.85. The summed E-state index contributed by atoms with van der Waals surface area (Å²) < 4.78 is 0. The fourth-order valence-corrected chi connectivity index (χ4v) is 3.31. The molecule has 144 valence electrons. The van der Waals surface area contributed by atoms with Gasteiger partial charge in [0.15, 0.2) is 0 Å². The molecule has 0 amide bonds. The van der Waals surface area contributed by atoms with E-state index in [2.05, 4.69) is 48.5 Å². The van der Waals surface area contributed by atoms with Crippen molar-refractivity contribution in [2.45, 2.75) is 0 Å². The first kappa shape index (κ1) is 19.1. The SMILES string of the molecule is c1c2cccc(c#cc3ccccc3c#cc3cccc(c#cc4ccccc4c#1)c3)c2. The minimum Gasteiger partial charge on any atom is -0.0616 e. The predicted molar refractivity (Wildman–Crippen MR) is 131 cm³/mol. The predicted octanol–water partition coefficient (Wildman–Crippen LogP) is 7.51. The Kier molecular flexibility index (Phi) is 5.29. The maximum Gasteiger partial charge on any atom is 0.0405 e. The lowest BCUT2D eigenvalue weighted by molar-refractivity contribution is 1.79. The second kappa shape index (κ2) is 8.86. The van der Waals surface area contributed by atoms with Gasteiger partial charge in [-0.1, -0.05) is 84.9 Å². The van der Waals surface area contributed by atoms with Gasteiger partial charge in [0.1, 0.15) is 0 Å². The molecule has 0 aromatic heterocycles. The fourth-order valence-electron chi connectivity index (χ4n) is 3.31. The lowest BCUT2D eigenvalue weighted by atomic mass is 10.2. The summed E-state index contributed by atoms with van der Waals surface area (Å²) in [6.45, 7) is 0. The van der Waals surface area contributed by atoms with Crippen LogP contribution in [0.1, 0.15) is 0 Å². The van der Waals surface area contributed by atoms with E-state index < -0.39 is 0 Å². The molecule has 0 fully saturated rings. The van der Waals surface area contributed by atoms with E-state index in [4.69, 9.17) is 0 Å². The molecule has 0 nitrogen and oxygen atoms in total. The highest BCUT2D eigenvalue weighted by Crippen LogP contribution is 2.09. The Morgan fingerprint density at radius 3 is 0.844 bits per heavy atom. The Morgan fingerprint density at radius 1 is 0.281 bits per heavy atom. The van der Waals surface area contributed by atoms with Crippen LogP contribution in [0.5, 0.6) is 0 Å². The highest BCUT2D eigenvalue weighted by atomic mass is 13.9. The van der Waals surface area contributed by atoms with Gasteiger partial charge in [0, 0.05) is 43.1 Å². The first-order valence-corrected chi connectivity index (χ1v) is 10.3. The molecule has 0 N–H and O–H groups in total. The van der Waals surface area contributed by atoms with Gasteiger partial charge in [-0.15, -0.1) is 0 Å². The van der Waals surface area contributed by atoms with Crippen LogP contribution < -0.4 is 0 Å². The van der Waals surface area contributed by atoms with Crippen LogP contribution in [0, 0.1) is 48.5 Å². The van der Waals surface area contributed by atoms with Crippen molar-refractivity contribution in [1.82, 2.24) is 0 Å².